The molecule has 0 unspecified atom stereocenters. The first kappa shape index (κ1) is 39.1. The molecule has 1 aromatic heterocycles. The predicted molar refractivity (Wildman–Crippen MR) is 182 cm³/mol. The van der Waals surface area contributed by atoms with Crippen molar-refractivity contribution in [1.82, 2.24) is 0 Å². The molecule has 3 aromatic rings. The first-order valence-corrected chi connectivity index (χ1v) is 15.1. The van der Waals surface area contributed by atoms with E-state index in [4.69, 9.17) is 13.9 Å². The quantitative estimate of drug-likeness (QED) is 0.334. The zero-order chi connectivity index (χ0) is 32.9. The molecule has 0 spiro atoms. The van der Waals surface area contributed by atoms with Crippen LogP contribution in [0.4, 0.5) is 0 Å². The molecule has 0 amide bonds. The Balaban J connectivity index is 0.000000550. The van der Waals surface area contributed by atoms with Gasteiger partial charge >= 0.3 is 0 Å². The molecule has 3 rings (SSSR count). The molecule has 42 heavy (non-hydrogen) atoms. The van der Waals surface area contributed by atoms with Crippen LogP contribution in [-0.2, 0) is 16.2 Å². The van der Waals surface area contributed by atoms with Gasteiger partial charge in [0.2, 0.25) is 0 Å². The van der Waals surface area contributed by atoms with E-state index < -0.39 is 0 Å². The van der Waals surface area contributed by atoms with Gasteiger partial charge in [-0.2, -0.15) is 0 Å². The van der Waals surface area contributed by atoms with Crippen LogP contribution in [0, 0.1) is 12.3 Å². The van der Waals surface area contributed by atoms with Crippen molar-refractivity contribution in [2.24, 2.45) is 5.41 Å². The smallest absolute Gasteiger partial charge is 0.160 e. The maximum Gasteiger partial charge on any atom is 0.160 e. The number of furan rings is 1. The molecule has 4 heteroatoms. The van der Waals surface area contributed by atoms with Crippen LogP contribution in [0.15, 0.2) is 59.2 Å². The minimum atomic E-state index is 0.0843. The van der Waals surface area contributed by atoms with Crippen molar-refractivity contribution in [3.8, 4) is 17.2 Å². The number of hydrogen-bond donors (Lipinski definition) is 1. The average molecular weight is 583 g/mol. The summed E-state index contributed by atoms with van der Waals surface area (Å²) in [7, 11) is 3.27. The minimum Gasteiger partial charge on any atom is -0.504 e. The van der Waals surface area contributed by atoms with E-state index in [1.54, 1.807) is 26.5 Å². The summed E-state index contributed by atoms with van der Waals surface area (Å²) in [5.74, 6) is 2.75. The number of aromatic hydroxyl groups is 1. The predicted octanol–water partition coefficient (Wildman–Crippen LogP) is 11.4. The van der Waals surface area contributed by atoms with Gasteiger partial charge < -0.3 is 19.0 Å². The second-order valence-electron chi connectivity index (χ2n) is 15.1. The molecule has 1 heterocycles. The molecule has 1 N–H and O–H groups in total. The Hall–Kier alpha value is -2.88. The van der Waals surface area contributed by atoms with Crippen molar-refractivity contribution in [3.63, 3.8) is 0 Å². The second kappa shape index (κ2) is 16.7. The van der Waals surface area contributed by atoms with Crippen molar-refractivity contribution >= 4 is 0 Å². The Bertz CT molecular complexity index is 1080. The zero-order valence-electron chi connectivity index (χ0n) is 29.8. The Labute approximate surface area is 258 Å². The molecular weight excluding hydrogens is 520 g/mol. The van der Waals surface area contributed by atoms with Gasteiger partial charge in [-0.3, -0.25) is 0 Å². The maximum atomic E-state index is 9.38. The lowest BCUT2D eigenvalue weighted by molar-refractivity contribution is 0.371. The van der Waals surface area contributed by atoms with Crippen LogP contribution < -0.4 is 9.47 Å². The van der Waals surface area contributed by atoms with Gasteiger partial charge in [0.25, 0.3) is 0 Å². The normalized spacial score (nSPS) is 11.6. The van der Waals surface area contributed by atoms with Gasteiger partial charge in [-0.1, -0.05) is 115 Å². The van der Waals surface area contributed by atoms with E-state index in [0.717, 1.165) is 17.1 Å². The number of hydrogen-bond acceptors (Lipinski definition) is 4. The number of phenols is 1. The lowest BCUT2D eigenvalue weighted by Gasteiger charge is -2.20. The van der Waals surface area contributed by atoms with Crippen LogP contribution in [0.1, 0.15) is 125 Å². The van der Waals surface area contributed by atoms with Crippen LogP contribution in [0.25, 0.3) is 0 Å². The Morgan fingerprint density at radius 1 is 0.667 bits per heavy atom. The number of rotatable bonds is 3. The van der Waals surface area contributed by atoms with Gasteiger partial charge in [-0.25, -0.2) is 0 Å². The van der Waals surface area contributed by atoms with E-state index in [1.165, 1.54) is 24.0 Å². The molecule has 0 saturated heterocycles. The van der Waals surface area contributed by atoms with E-state index in [1.807, 2.05) is 24.3 Å². The lowest BCUT2D eigenvalue weighted by Crippen LogP contribution is -2.11. The molecule has 4 nitrogen and oxygen atoms in total. The van der Waals surface area contributed by atoms with Crippen molar-refractivity contribution in [2.45, 2.75) is 126 Å². The molecule has 0 aliphatic carbocycles. The molecule has 0 radical (unpaired) electrons. The fourth-order valence-corrected chi connectivity index (χ4v) is 3.89. The van der Waals surface area contributed by atoms with Gasteiger partial charge in [0.15, 0.2) is 11.5 Å². The first-order chi connectivity index (χ1) is 19.1. The highest BCUT2D eigenvalue weighted by molar-refractivity contribution is 5.43. The van der Waals surface area contributed by atoms with Crippen LogP contribution in [-0.4, -0.2) is 19.3 Å². The SMILES string of the molecule is CC(C)(C)c1ccco1.CCCC(C)(C)C.COc1cc(C(C)(C)C)ccc1C.COc1cc(C(C)(C)C)ccc1O. The summed E-state index contributed by atoms with van der Waals surface area (Å²) in [5.41, 5.74) is 4.65. The summed E-state index contributed by atoms with van der Waals surface area (Å²) in [6.45, 7) is 30.5. The first-order valence-electron chi connectivity index (χ1n) is 15.1. The van der Waals surface area contributed by atoms with Gasteiger partial charge in [0, 0.05) is 5.41 Å². The number of benzene rings is 2. The number of aryl methyl sites for hydroxylation is 1. The number of ether oxygens (including phenoxy) is 2. The topological polar surface area (TPSA) is 51.8 Å². The van der Waals surface area contributed by atoms with Gasteiger partial charge in [-0.05, 0) is 76.6 Å². The molecule has 0 saturated carbocycles. The largest absolute Gasteiger partial charge is 0.504 e. The third-order valence-corrected chi connectivity index (χ3v) is 6.58. The fraction of sp³-hybridized carbons (Fsp3) is 0.579. The van der Waals surface area contributed by atoms with E-state index in [9.17, 15) is 5.11 Å². The fourth-order valence-electron chi connectivity index (χ4n) is 3.89. The summed E-state index contributed by atoms with van der Waals surface area (Å²) < 4.78 is 15.5. The number of methoxy groups -OCH3 is 2. The van der Waals surface area contributed by atoms with Gasteiger partial charge in [0.05, 0.1) is 20.5 Å². The zero-order valence-corrected chi connectivity index (χ0v) is 29.8. The van der Waals surface area contributed by atoms with E-state index in [-0.39, 0.29) is 22.0 Å². The molecule has 238 valence electrons. The van der Waals surface area contributed by atoms with Crippen LogP contribution >= 0.6 is 0 Å². The van der Waals surface area contributed by atoms with Crippen LogP contribution in [0.2, 0.25) is 0 Å². The van der Waals surface area contributed by atoms with E-state index in [2.05, 4.69) is 115 Å². The highest BCUT2D eigenvalue weighted by Crippen LogP contribution is 2.32. The molecule has 2 aromatic carbocycles. The molecule has 0 bridgehead atoms. The summed E-state index contributed by atoms with van der Waals surface area (Å²) >= 11 is 0. The molecule has 0 aliphatic rings. The lowest BCUT2D eigenvalue weighted by atomic mass is 9.86. The van der Waals surface area contributed by atoms with Crippen molar-refractivity contribution in [2.75, 3.05) is 14.2 Å². The summed E-state index contributed by atoms with van der Waals surface area (Å²) in [4.78, 5) is 0. The Morgan fingerprint density at radius 3 is 1.45 bits per heavy atom. The third-order valence-electron chi connectivity index (χ3n) is 6.58. The number of phenolic OH excluding ortho intramolecular Hbond substituents is 1. The maximum absolute atomic E-state index is 9.38. The Morgan fingerprint density at radius 2 is 1.14 bits per heavy atom. The molecular formula is C38H62O4. The second-order valence-corrected chi connectivity index (χ2v) is 15.1. The molecule has 0 aliphatic heterocycles. The summed E-state index contributed by atoms with van der Waals surface area (Å²) in [5, 5.41) is 9.38. The monoisotopic (exact) mass is 582 g/mol. The van der Waals surface area contributed by atoms with E-state index in [0.29, 0.717) is 11.2 Å². The third kappa shape index (κ3) is 15.4. The van der Waals surface area contributed by atoms with Crippen molar-refractivity contribution in [3.05, 3.63) is 77.2 Å². The van der Waals surface area contributed by atoms with Crippen LogP contribution in [0.5, 0.6) is 17.2 Å². The highest BCUT2D eigenvalue weighted by atomic mass is 16.5. The van der Waals surface area contributed by atoms with Crippen molar-refractivity contribution < 1.29 is 19.0 Å². The standard InChI is InChI=1S/C12H18O.C11H16O2.C8H12O.C7H16/c1-9-6-7-10(12(2,3)4)8-11(9)13-5;1-11(2,3)8-5-6-9(12)10(7-8)13-4;1-8(2,3)7-5-4-6-9-7;1-5-6-7(2,3)4/h6-8H,1-5H3;5-7,12H,1-4H3;4-6H,1-3H3;5-6H2,1-4H3. The summed E-state index contributed by atoms with van der Waals surface area (Å²) in [6.07, 6.45) is 4.36. The Kier molecular flexibility index (Phi) is 15.5. The van der Waals surface area contributed by atoms with Gasteiger partial charge in [0.1, 0.15) is 11.5 Å². The van der Waals surface area contributed by atoms with Crippen LogP contribution in [0.3, 0.4) is 0 Å². The average Bonchev–Trinajstić information content (AvgIpc) is 3.40. The summed E-state index contributed by atoms with van der Waals surface area (Å²) in [6, 6.07) is 15.8. The molecule has 0 fully saturated rings. The molecule has 0 atom stereocenters. The highest BCUT2D eigenvalue weighted by Gasteiger charge is 2.17. The van der Waals surface area contributed by atoms with E-state index >= 15 is 0 Å². The van der Waals surface area contributed by atoms with Gasteiger partial charge in [-0.15, -0.1) is 0 Å². The minimum absolute atomic E-state index is 0.0843. The van der Waals surface area contributed by atoms with Crippen molar-refractivity contribution in [1.29, 1.82) is 0 Å².